The molecule has 3 heteroatoms. The summed E-state index contributed by atoms with van der Waals surface area (Å²) >= 11 is 0. The van der Waals surface area contributed by atoms with Crippen LogP contribution in [-0.4, -0.2) is 22.6 Å². The number of benzene rings is 1. The number of hydrogen-bond donors (Lipinski definition) is 0. The SMILES string of the molecule is O=C1C(=O)N(C2CCCCC2)C1c1ccccc1. The first kappa shape index (κ1) is 11.5. The minimum absolute atomic E-state index is 0.244. The van der Waals surface area contributed by atoms with Crippen LogP contribution in [0.2, 0.25) is 0 Å². The van der Waals surface area contributed by atoms with Crippen molar-refractivity contribution >= 4 is 11.7 Å². The maximum Gasteiger partial charge on any atom is 0.293 e. The Kier molecular flexibility index (Phi) is 2.90. The van der Waals surface area contributed by atoms with Gasteiger partial charge in [0.1, 0.15) is 6.04 Å². The van der Waals surface area contributed by atoms with Gasteiger partial charge in [0.15, 0.2) is 0 Å². The number of Topliss-reactive ketones (excluding diaryl/α,β-unsaturated/α-hetero) is 1. The zero-order chi connectivity index (χ0) is 12.5. The molecule has 1 unspecified atom stereocenters. The molecule has 1 heterocycles. The van der Waals surface area contributed by atoms with E-state index in [4.69, 9.17) is 0 Å². The Bertz CT molecular complexity index is 463. The quantitative estimate of drug-likeness (QED) is 0.591. The Morgan fingerprint density at radius 2 is 1.61 bits per heavy atom. The van der Waals surface area contributed by atoms with E-state index in [0.717, 1.165) is 18.4 Å². The predicted molar refractivity (Wildman–Crippen MR) is 67.9 cm³/mol. The van der Waals surface area contributed by atoms with Gasteiger partial charge >= 0.3 is 0 Å². The minimum Gasteiger partial charge on any atom is -0.318 e. The van der Waals surface area contributed by atoms with Crippen molar-refractivity contribution in [2.75, 3.05) is 0 Å². The normalized spacial score (nSPS) is 25.1. The summed E-state index contributed by atoms with van der Waals surface area (Å²) in [4.78, 5) is 25.5. The molecule has 2 aliphatic rings. The minimum atomic E-state index is -0.318. The number of likely N-dealkylation sites (tertiary alicyclic amines) is 1. The highest BCUT2D eigenvalue weighted by Gasteiger charge is 2.50. The first-order chi connectivity index (χ1) is 8.79. The number of β-lactam (4-membered cyclic amide) rings is 1. The smallest absolute Gasteiger partial charge is 0.293 e. The molecule has 2 fully saturated rings. The number of rotatable bonds is 2. The second kappa shape index (κ2) is 4.56. The molecule has 0 radical (unpaired) electrons. The van der Waals surface area contributed by atoms with Crippen LogP contribution in [0.25, 0.3) is 0 Å². The van der Waals surface area contributed by atoms with Crippen molar-refractivity contribution in [3.05, 3.63) is 35.9 Å². The molecule has 1 aromatic carbocycles. The van der Waals surface area contributed by atoms with Gasteiger partial charge in [0, 0.05) is 6.04 Å². The number of carbonyl (C=O) groups excluding carboxylic acids is 2. The van der Waals surface area contributed by atoms with Crippen LogP contribution < -0.4 is 0 Å². The summed E-state index contributed by atoms with van der Waals surface area (Å²) in [5.41, 5.74) is 0.952. The molecule has 94 valence electrons. The third kappa shape index (κ3) is 1.74. The van der Waals surface area contributed by atoms with Crippen LogP contribution >= 0.6 is 0 Å². The van der Waals surface area contributed by atoms with Gasteiger partial charge in [0.25, 0.3) is 5.91 Å². The number of carbonyl (C=O) groups is 2. The van der Waals surface area contributed by atoms with Gasteiger partial charge in [0.05, 0.1) is 0 Å². The molecule has 0 spiro atoms. The summed E-state index contributed by atoms with van der Waals surface area (Å²) in [6, 6.07) is 9.60. The lowest BCUT2D eigenvalue weighted by atomic mass is 9.85. The van der Waals surface area contributed by atoms with Gasteiger partial charge < -0.3 is 4.90 Å². The summed E-state index contributed by atoms with van der Waals surface area (Å²) in [6.45, 7) is 0. The molecule has 0 bridgehead atoms. The Morgan fingerprint density at radius 3 is 2.28 bits per heavy atom. The van der Waals surface area contributed by atoms with Crippen LogP contribution in [0.4, 0.5) is 0 Å². The Morgan fingerprint density at radius 1 is 0.944 bits per heavy atom. The third-order valence-electron chi connectivity index (χ3n) is 4.06. The molecular weight excluding hydrogens is 226 g/mol. The molecular formula is C15H17NO2. The third-order valence-corrected chi connectivity index (χ3v) is 4.06. The summed E-state index contributed by atoms with van der Waals surface area (Å²) < 4.78 is 0. The number of amides is 1. The van der Waals surface area contributed by atoms with Gasteiger partial charge in [0.2, 0.25) is 5.78 Å². The monoisotopic (exact) mass is 243 g/mol. The molecule has 1 aliphatic carbocycles. The molecule has 1 saturated heterocycles. The summed E-state index contributed by atoms with van der Waals surface area (Å²) in [6.07, 6.45) is 5.68. The first-order valence-corrected chi connectivity index (χ1v) is 6.70. The highest BCUT2D eigenvalue weighted by Crippen LogP contribution is 2.37. The summed E-state index contributed by atoms with van der Waals surface area (Å²) in [5, 5.41) is 0. The van der Waals surface area contributed by atoms with E-state index in [1.54, 1.807) is 0 Å². The lowest BCUT2D eigenvalue weighted by Gasteiger charge is -2.45. The van der Waals surface area contributed by atoms with Crippen molar-refractivity contribution in [1.82, 2.24) is 4.90 Å². The fraction of sp³-hybridized carbons (Fsp3) is 0.467. The largest absolute Gasteiger partial charge is 0.318 e. The van der Waals surface area contributed by atoms with Gasteiger partial charge in [-0.1, -0.05) is 49.6 Å². The van der Waals surface area contributed by atoms with E-state index in [1.165, 1.54) is 19.3 Å². The standard InChI is InChI=1S/C15H17NO2/c17-14-13(11-7-3-1-4-8-11)16(15(14)18)12-9-5-2-6-10-12/h1,3-4,7-8,12-13H,2,5-6,9-10H2. The van der Waals surface area contributed by atoms with Crippen LogP contribution in [-0.2, 0) is 9.59 Å². The van der Waals surface area contributed by atoms with Gasteiger partial charge in [-0.05, 0) is 18.4 Å². The van der Waals surface area contributed by atoms with Crippen LogP contribution in [0.1, 0.15) is 43.7 Å². The molecule has 0 aromatic heterocycles. The van der Waals surface area contributed by atoms with Crippen LogP contribution in [0.5, 0.6) is 0 Å². The van der Waals surface area contributed by atoms with Gasteiger partial charge in [-0.2, -0.15) is 0 Å². The fourth-order valence-electron chi connectivity index (χ4n) is 3.10. The van der Waals surface area contributed by atoms with Gasteiger partial charge in [-0.25, -0.2) is 0 Å². The zero-order valence-electron chi connectivity index (χ0n) is 10.3. The molecule has 0 N–H and O–H groups in total. The highest BCUT2D eigenvalue weighted by molar-refractivity contribution is 6.44. The van der Waals surface area contributed by atoms with E-state index in [9.17, 15) is 9.59 Å². The predicted octanol–water partition coefficient (Wildman–Crippen LogP) is 2.47. The van der Waals surface area contributed by atoms with Crippen LogP contribution in [0, 0.1) is 0 Å². The topological polar surface area (TPSA) is 37.4 Å². The zero-order valence-corrected chi connectivity index (χ0v) is 10.3. The van der Waals surface area contributed by atoms with Gasteiger partial charge in [-0.3, -0.25) is 9.59 Å². The van der Waals surface area contributed by atoms with Crippen molar-refractivity contribution in [2.24, 2.45) is 0 Å². The average molecular weight is 243 g/mol. The van der Waals surface area contributed by atoms with Crippen molar-refractivity contribution in [1.29, 1.82) is 0 Å². The van der Waals surface area contributed by atoms with Crippen molar-refractivity contribution in [2.45, 2.75) is 44.2 Å². The van der Waals surface area contributed by atoms with E-state index in [-0.39, 0.29) is 23.8 Å². The first-order valence-electron chi connectivity index (χ1n) is 6.70. The molecule has 1 aliphatic heterocycles. The Labute approximate surface area is 107 Å². The molecule has 1 aromatic rings. The summed E-state index contributed by atoms with van der Waals surface area (Å²) in [5.74, 6) is -0.525. The van der Waals surface area contributed by atoms with Crippen LogP contribution in [0.3, 0.4) is 0 Å². The molecule has 3 nitrogen and oxygen atoms in total. The van der Waals surface area contributed by atoms with E-state index < -0.39 is 0 Å². The molecule has 1 saturated carbocycles. The second-order valence-corrected chi connectivity index (χ2v) is 5.18. The van der Waals surface area contributed by atoms with Crippen LogP contribution in [0.15, 0.2) is 30.3 Å². The van der Waals surface area contributed by atoms with E-state index in [1.807, 2.05) is 35.2 Å². The Hall–Kier alpha value is -1.64. The number of ketones is 1. The second-order valence-electron chi connectivity index (χ2n) is 5.18. The number of hydrogen-bond acceptors (Lipinski definition) is 2. The van der Waals surface area contributed by atoms with Crippen molar-refractivity contribution < 1.29 is 9.59 Å². The highest BCUT2D eigenvalue weighted by atomic mass is 16.2. The lowest BCUT2D eigenvalue weighted by Crippen LogP contribution is -2.60. The maximum atomic E-state index is 11.8. The molecule has 1 atom stereocenters. The molecule has 1 amide bonds. The van der Waals surface area contributed by atoms with Crippen molar-refractivity contribution in [3.63, 3.8) is 0 Å². The number of nitrogens with zero attached hydrogens (tertiary/aromatic N) is 1. The average Bonchev–Trinajstić information content (AvgIpc) is 2.45. The van der Waals surface area contributed by atoms with Gasteiger partial charge in [-0.15, -0.1) is 0 Å². The molecule has 3 rings (SSSR count). The van der Waals surface area contributed by atoms with E-state index >= 15 is 0 Å². The lowest BCUT2D eigenvalue weighted by molar-refractivity contribution is -0.165. The Balaban J connectivity index is 1.84. The molecule has 18 heavy (non-hydrogen) atoms. The van der Waals surface area contributed by atoms with Crippen molar-refractivity contribution in [3.8, 4) is 0 Å². The summed E-state index contributed by atoms with van der Waals surface area (Å²) in [7, 11) is 0. The van der Waals surface area contributed by atoms with E-state index in [0.29, 0.717) is 0 Å². The van der Waals surface area contributed by atoms with E-state index in [2.05, 4.69) is 0 Å². The maximum absolute atomic E-state index is 11.8. The fourth-order valence-corrected chi connectivity index (χ4v) is 3.10.